The van der Waals surface area contributed by atoms with E-state index in [1.807, 2.05) is 6.92 Å². The van der Waals surface area contributed by atoms with Gasteiger partial charge in [-0.25, -0.2) is 0 Å². The van der Waals surface area contributed by atoms with Crippen molar-refractivity contribution >= 4 is 5.78 Å². The number of hydrogen-bond acceptors (Lipinski definition) is 4. The molecule has 0 aromatic heterocycles. The van der Waals surface area contributed by atoms with E-state index in [0.29, 0.717) is 0 Å². The largest absolute Gasteiger partial charge is 0.482 e. The van der Waals surface area contributed by atoms with E-state index in [2.05, 4.69) is 72.9 Å². The fraction of sp³-hybridized carbons (Fsp3) is 0.864. The van der Waals surface area contributed by atoms with E-state index < -0.39 is 11.1 Å². The topological polar surface area (TPSA) is 50.4 Å². The van der Waals surface area contributed by atoms with E-state index in [-0.39, 0.29) is 34.2 Å². The third-order valence-corrected chi connectivity index (χ3v) is 7.69. The normalized spacial score (nSPS) is 40.2. The van der Waals surface area contributed by atoms with Gasteiger partial charge in [0, 0.05) is 34.9 Å². The lowest BCUT2D eigenvalue weighted by atomic mass is 9.61. The van der Waals surface area contributed by atoms with Gasteiger partial charge in [-0.15, -0.1) is 0 Å². The Balaban J connectivity index is 2.11. The number of Topliss-reactive ketones (excluding diaryl/α,β-unsaturated/α-hetero) is 1. The Kier molecular flexibility index (Phi) is 4.09. The number of rotatable bonds is 0. The molecular formula is C22H38N2O2. The smallest absolute Gasteiger partial charge is 0.184 e. The Labute approximate surface area is 159 Å². The lowest BCUT2D eigenvalue weighted by Crippen LogP contribution is -2.77. The molecule has 1 fully saturated rings. The fourth-order valence-electron chi connectivity index (χ4n) is 5.63. The second kappa shape index (κ2) is 5.35. The summed E-state index contributed by atoms with van der Waals surface area (Å²) in [4.78, 5) is 13.6. The quantitative estimate of drug-likeness (QED) is 0.685. The van der Waals surface area contributed by atoms with E-state index >= 15 is 0 Å². The van der Waals surface area contributed by atoms with Gasteiger partial charge in [-0.1, -0.05) is 13.8 Å². The Morgan fingerprint density at radius 2 is 1.42 bits per heavy atom. The number of carbonyl (C=O) groups is 1. The van der Waals surface area contributed by atoms with Gasteiger partial charge < -0.3 is 15.4 Å². The third kappa shape index (κ3) is 2.51. The van der Waals surface area contributed by atoms with Crippen LogP contribution >= 0.6 is 0 Å². The SMILES string of the molecule is C[C@H]1C(=O)[C@@]2(CCC3=C(O2)[C@H](C)C(C)(C)NC3(C)C)C(C)(C)NC1(C)C. The van der Waals surface area contributed by atoms with Crippen molar-refractivity contribution in [2.24, 2.45) is 11.8 Å². The highest BCUT2D eigenvalue weighted by molar-refractivity contribution is 5.93. The predicted octanol–water partition coefficient (Wildman–Crippen LogP) is 3.95. The highest BCUT2D eigenvalue weighted by Crippen LogP contribution is 2.52. The first kappa shape index (κ1) is 19.9. The van der Waals surface area contributed by atoms with Crippen molar-refractivity contribution in [3.05, 3.63) is 11.3 Å². The second-order valence-corrected chi connectivity index (χ2v) is 11.0. The van der Waals surface area contributed by atoms with Crippen molar-refractivity contribution in [3.63, 3.8) is 0 Å². The zero-order valence-corrected chi connectivity index (χ0v) is 18.4. The van der Waals surface area contributed by atoms with Crippen LogP contribution in [-0.4, -0.2) is 33.5 Å². The molecule has 0 saturated carbocycles. The van der Waals surface area contributed by atoms with E-state index in [4.69, 9.17) is 4.74 Å². The summed E-state index contributed by atoms with van der Waals surface area (Å²) in [7, 11) is 0. The van der Waals surface area contributed by atoms with Gasteiger partial charge in [0.1, 0.15) is 5.76 Å². The summed E-state index contributed by atoms with van der Waals surface area (Å²) in [6.07, 6.45) is 1.64. The summed E-state index contributed by atoms with van der Waals surface area (Å²) >= 11 is 0. The van der Waals surface area contributed by atoms with Crippen molar-refractivity contribution in [1.82, 2.24) is 10.6 Å². The number of carbonyl (C=O) groups excluding carboxylic acids is 1. The maximum Gasteiger partial charge on any atom is 0.184 e. The summed E-state index contributed by atoms with van der Waals surface area (Å²) < 4.78 is 6.82. The molecule has 0 unspecified atom stereocenters. The molecule has 3 atom stereocenters. The van der Waals surface area contributed by atoms with Crippen molar-refractivity contribution in [2.75, 3.05) is 0 Å². The van der Waals surface area contributed by atoms with Crippen LogP contribution in [-0.2, 0) is 9.53 Å². The molecule has 3 aliphatic rings. The molecule has 1 saturated heterocycles. The molecule has 3 rings (SSSR count). The van der Waals surface area contributed by atoms with Crippen molar-refractivity contribution in [2.45, 2.75) is 110 Å². The van der Waals surface area contributed by atoms with Gasteiger partial charge in [0.15, 0.2) is 11.4 Å². The molecule has 3 heterocycles. The van der Waals surface area contributed by atoms with Gasteiger partial charge in [-0.05, 0) is 67.4 Å². The first-order chi connectivity index (χ1) is 11.6. The van der Waals surface area contributed by atoms with Gasteiger partial charge in [-0.2, -0.15) is 0 Å². The van der Waals surface area contributed by atoms with Gasteiger partial charge in [0.25, 0.3) is 0 Å². The van der Waals surface area contributed by atoms with Gasteiger partial charge >= 0.3 is 0 Å². The van der Waals surface area contributed by atoms with E-state index in [1.165, 1.54) is 5.57 Å². The minimum absolute atomic E-state index is 0.0823. The lowest BCUT2D eigenvalue weighted by Gasteiger charge is -2.60. The number of ether oxygens (including phenoxy) is 1. The predicted molar refractivity (Wildman–Crippen MR) is 106 cm³/mol. The van der Waals surface area contributed by atoms with Crippen LogP contribution in [0.25, 0.3) is 0 Å². The Morgan fingerprint density at radius 1 is 0.885 bits per heavy atom. The number of nitrogens with one attached hydrogen (secondary N) is 2. The molecule has 0 bridgehead atoms. The summed E-state index contributed by atoms with van der Waals surface area (Å²) in [5.41, 5.74) is -0.317. The first-order valence-corrected chi connectivity index (χ1v) is 10.1. The summed E-state index contributed by atoms with van der Waals surface area (Å²) in [6, 6.07) is 0. The monoisotopic (exact) mass is 362 g/mol. The lowest BCUT2D eigenvalue weighted by molar-refractivity contribution is -0.175. The molecule has 0 amide bonds. The van der Waals surface area contributed by atoms with Crippen molar-refractivity contribution in [1.29, 1.82) is 0 Å². The van der Waals surface area contributed by atoms with Crippen LogP contribution in [0.1, 0.15) is 82.1 Å². The molecule has 1 spiro atoms. The molecule has 3 aliphatic heterocycles. The minimum Gasteiger partial charge on any atom is -0.482 e. The zero-order chi connectivity index (χ0) is 19.9. The molecule has 4 heteroatoms. The van der Waals surface area contributed by atoms with Crippen molar-refractivity contribution < 1.29 is 9.53 Å². The van der Waals surface area contributed by atoms with Crippen molar-refractivity contribution in [3.8, 4) is 0 Å². The molecule has 0 aromatic rings. The molecule has 26 heavy (non-hydrogen) atoms. The molecular weight excluding hydrogens is 324 g/mol. The maximum absolute atomic E-state index is 13.6. The highest BCUT2D eigenvalue weighted by Gasteiger charge is 2.64. The zero-order valence-electron chi connectivity index (χ0n) is 18.4. The van der Waals surface area contributed by atoms with E-state index in [1.54, 1.807) is 0 Å². The molecule has 148 valence electrons. The average molecular weight is 363 g/mol. The Morgan fingerprint density at radius 3 is 2.00 bits per heavy atom. The van der Waals surface area contributed by atoms with Gasteiger partial charge in [-0.3, -0.25) is 4.79 Å². The fourth-order valence-corrected chi connectivity index (χ4v) is 5.63. The molecule has 0 aliphatic carbocycles. The molecule has 0 aromatic carbocycles. The van der Waals surface area contributed by atoms with Crippen LogP contribution in [0, 0.1) is 11.8 Å². The number of ketones is 1. The maximum atomic E-state index is 13.6. The molecule has 2 N–H and O–H groups in total. The molecule has 4 nitrogen and oxygen atoms in total. The van der Waals surface area contributed by atoms with Crippen LogP contribution in [0.5, 0.6) is 0 Å². The summed E-state index contributed by atoms with van der Waals surface area (Å²) in [5.74, 6) is 1.42. The Bertz CT molecular complexity index is 672. The Hall–Kier alpha value is -0.870. The molecule has 0 radical (unpaired) electrons. The van der Waals surface area contributed by atoms with Crippen LogP contribution in [0.2, 0.25) is 0 Å². The first-order valence-electron chi connectivity index (χ1n) is 10.1. The third-order valence-electron chi connectivity index (χ3n) is 7.69. The van der Waals surface area contributed by atoms with Crippen LogP contribution in [0.15, 0.2) is 11.3 Å². The van der Waals surface area contributed by atoms with Gasteiger partial charge in [0.2, 0.25) is 0 Å². The number of piperidine rings is 1. The van der Waals surface area contributed by atoms with E-state index in [0.717, 1.165) is 18.6 Å². The minimum atomic E-state index is -0.793. The van der Waals surface area contributed by atoms with E-state index in [9.17, 15) is 4.79 Å². The summed E-state index contributed by atoms with van der Waals surface area (Å²) in [6.45, 7) is 21.7. The number of hydrogen-bond donors (Lipinski definition) is 2. The van der Waals surface area contributed by atoms with Crippen LogP contribution in [0.4, 0.5) is 0 Å². The second-order valence-electron chi connectivity index (χ2n) is 11.0. The highest BCUT2D eigenvalue weighted by atomic mass is 16.5. The van der Waals surface area contributed by atoms with Crippen LogP contribution in [0.3, 0.4) is 0 Å². The van der Waals surface area contributed by atoms with Crippen LogP contribution < -0.4 is 10.6 Å². The van der Waals surface area contributed by atoms with Gasteiger partial charge in [0.05, 0.1) is 5.54 Å². The summed E-state index contributed by atoms with van der Waals surface area (Å²) in [5, 5.41) is 7.53. The standard InChI is InChI=1S/C22H38N2O2/c1-13-16-15(20(7,8)23-18(13,3)4)11-12-22(26-16)17(25)14(2)19(5,6)24-21(22,9)10/h13-14,23-24H,11-12H2,1-10H3/t13-,14-,22-/m0/s1. The average Bonchev–Trinajstić information content (AvgIpc) is 2.47.